The van der Waals surface area contributed by atoms with E-state index in [1.165, 1.54) is 11.1 Å². The molecule has 192 valence electrons. The molecule has 1 N–H and O–H groups in total. The Bertz CT molecular complexity index is 1690. The zero-order valence-corrected chi connectivity index (χ0v) is 20.9. The lowest BCUT2D eigenvalue weighted by molar-refractivity contribution is -0.121. The predicted octanol–water partition coefficient (Wildman–Crippen LogP) is 2.74. The number of fused-ring (bicyclic) bond motifs is 6. The number of carbonyl (C=O) groups excluding carboxylic acids is 1. The molecule has 0 unspecified atom stereocenters. The van der Waals surface area contributed by atoms with E-state index in [-0.39, 0.29) is 18.1 Å². The van der Waals surface area contributed by atoms with Gasteiger partial charge in [0.2, 0.25) is 5.95 Å². The van der Waals surface area contributed by atoms with Crippen molar-refractivity contribution in [3.8, 4) is 11.6 Å². The molecule has 2 bridgehead atoms. The highest BCUT2D eigenvalue weighted by molar-refractivity contribution is 5.96. The topological polar surface area (TPSA) is 110 Å². The Morgan fingerprint density at radius 3 is 2.84 bits per heavy atom. The number of allylic oxidation sites excluding steroid dienone is 2. The first-order valence-electron chi connectivity index (χ1n) is 12.7. The van der Waals surface area contributed by atoms with E-state index in [9.17, 15) is 9.59 Å². The quantitative estimate of drug-likeness (QED) is 0.410. The molecule has 0 aliphatic carbocycles. The first-order chi connectivity index (χ1) is 18.5. The Hall–Kier alpha value is -4.51. The minimum Gasteiger partial charge on any atom is -0.480 e. The van der Waals surface area contributed by atoms with Crippen molar-refractivity contribution in [3.05, 3.63) is 70.2 Å². The second-order valence-corrected chi connectivity index (χ2v) is 9.85. The SMILES string of the molecule is CN1Cc2ccc(Nc3ncc4c(=O)n5n(c4n3)-c3ccc4c(n3)N(CCC/C=C\C5)C(=O)CO4)cc2C1. The summed E-state index contributed by atoms with van der Waals surface area (Å²) in [5, 5.41) is 3.69. The van der Waals surface area contributed by atoms with E-state index in [4.69, 9.17) is 14.7 Å². The number of hydrogen-bond donors (Lipinski definition) is 1. The van der Waals surface area contributed by atoms with Gasteiger partial charge in [-0.25, -0.2) is 19.3 Å². The number of pyridine rings is 1. The van der Waals surface area contributed by atoms with E-state index in [0.29, 0.717) is 47.5 Å². The lowest BCUT2D eigenvalue weighted by Gasteiger charge is -2.28. The van der Waals surface area contributed by atoms with E-state index in [2.05, 4.69) is 34.4 Å². The zero-order chi connectivity index (χ0) is 25.8. The molecule has 7 rings (SSSR count). The number of nitrogens with zero attached hydrogens (tertiary/aromatic N) is 7. The van der Waals surface area contributed by atoms with Crippen LogP contribution in [0.25, 0.3) is 16.9 Å². The summed E-state index contributed by atoms with van der Waals surface area (Å²) in [6, 6.07) is 9.83. The standard InChI is InChI=1S/C27H26N8O3/c1-32-14-17-6-7-19(12-18(17)15-32)29-27-28-13-20-24(31-27)35-22-9-8-21-25(30-22)33(23(36)16-38-21)10-4-2-3-5-11-34(35)26(20)37/h3,5-9,12-13H,2,4,10-11,14-16H2,1H3,(H,28,29,31)/b5-3-. The van der Waals surface area contributed by atoms with E-state index in [1.54, 1.807) is 32.6 Å². The van der Waals surface area contributed by atoms with Gasteiger partial charge in [0.1, 0.15) is 5.39 Å². The van der Waals surface area contributed by atoms with Crippen molar-refractivity contribution >= 4 is 34.4 Å². The molecule has 0 saturated carbocycles. The van der Waals surface area contributed by atoms with E-state index in [0.717, 1.165) is 31.6 Å². The average Bonchev–Trinajstić information content (AvgIpc) is 3.41. The fraction of sp³-hybridized carbons (Fsp3) is 0.296. The fourth-order valence-electron chi connectivity index (χ4n) is 5.33. The molecular formula is C27H26N8O3. The summed E-state index contributed by atoms with van der Waals surface area (Å²) in [6.45, 7) is 2.72. The lowest BCUT2D eigenvalue weighted by atomic mass is 10.1. The second kappa shape index (κ2) is 8.80. The Kier molecular flexibility index (Phi) is 5.25. The molecule has 1 aromatic carbocycles. The molecule has 0 spiro atoms. The van der Waals surface area contributed by atoms with Crippen molar-refractivity contribution in [2.45, 2.75) is 32.5 Å². The number of amides is 1. The third-order valence-electron chi connectivity index (χ3n) is 7.17. The summed E-state index contributed by atoms with van der Waals surface area (Å²) in [7, 11) is 2.10. The number of hydrogen-bond acceptors (Lipinski definition) is 8. The van der Waals surface area contributed by atoms with Gasteiger partial charge in [-0.2, -0.15) is 4.98 Å². The Morgan fingerprint density at radius 2 is 1.92 bits per heavy atom. The number of aromatic nitrogens is 5. The van der Waals surface area contributed by atoms with Crippen LogP contribution in [0.2, 0.25) is 0 Å². The van der Waals surface area contributed by atoms with Crippen LogP contribution in [0.5, 0.6) is 5.75 Å². The fourth-order valence-corrected chi connectivity index (χ4v) is 5.33. The van der Waals surface area contributed by atoms with Gasteiger partial charge in [-0.05, 0) is 55.3 Å². The zero-order valence-electron chi connectivity index (χ0n) is 20.9. The Morgan fingerprint density at radius 1 is 1.03 bits per heavy atom. The maximum absolute atomic E-state index is 13.5. The van der Waals surface area contributed by atoms with Crippen LogP contribution in [-0.4, -0.2) is 55.3 Å². The van der Waals surface area contributed by atoms with Crippen molar-refractivity contribution in [2.75, 3.05) is 30.4 Å². The molecule has 3 aliphatic heterocycles. The molecule has 0 atom stereocenters. The Balaban J connectivity index is 1.36. The molecule has 0 radical (unpaired) electrons. The van der Waals surface area contributed by atoms with Gasteiger partial charge in [0.05, 0.1) is 6.54 Å². The summed E-state index contributed by atoms with van der Waals surface area (Å²) in [6.07, 6.45) is 7.11. The van der Waals surface area contributed by atoms with Gasteiger partial charge in [-0.3, -0.25) is 19.4 Å². The first-order valence-corrected chi connectivity index (χ1v) is 12.7. The maximum atomic E-state index is 13.5. The molecule has 0 saturated heterocycles. The minimum atomic E-state index is -0.211. The molecule has 1 amide bonds. The number of carbonyl (C=O) groups is 1. The van der Waals surface area contributed by atoms with Crippen LogP contribution in [0, 0.1) is 0 Å². The summed E-state index contributed by atoms with van der Waals surface area (Å²) in [4.78, 5) is 44.0. The van der Waals surface area contributed by atoms with E-state index in [1.807, 2.05) is 18.2 Å². The van der Waals surface area contributed by atoms with Gasteiger partial charge in [0.15, 0.2) is 29.6 Å². The number of anilines is 3. The highest BCUT2D eigenvalue weighted by atomic mass is 16.5. The molecule has 3 aromatic heterocycles. The normalized spacial score (nSPS) is 17.8. The van der Waals surface area contributed by atoms with Gasteiger partial charge in [0, 0.05) is 31.5 Å². The van der Waals surface area contributed by atoms with Gasteiger partial charge in [-0.1, -0.05) is 18.2 Å². The number of rotatable bonds is 2. The van der Waals surface area contributed by atoms with Crippen molar-refractivity contribution in [2.24, 2.45) is 0 Å². The lowest BCUT2D eigenvalue weighted by Crippen LogP contribution is -2.40. The summed E-state index contributed by atoms with van der Waals surface area (Å²) in [5.41, 5.74) is 3.69. The van der Waals surface area contributed by atoms with Crippen LogP contribution >= 0.6 is 0 Å². The second-order valence-electron chi connectivity index (χ2n) is 9.85. The van der Waals surface area contributed by atoms with Gasteiger partial charge < -0.3 is 10.1 Å². The van der Waals surface area contributed by atoms with Gasteiger partial charge in [-0.15, -0.1) is 0 Å². The van der Waals surface area contributed by atoms with Crippen molar-refractivity contribution in [3.63, 3.8) is 0 Å². The third kappa shape index (κ3) is 3.74. The third-order valence-corrected chi connectivity index (χ3v) is 7.17. The van der Waals surface area contributed by atoms with Crippen molar-refractivity contribution in [1.29, 1.82) is 0 Å². The predicted molar refractivity (Wildman–Crippen MR) is 142 cm³/mol. The summed E-state index contributed by atoms with van der Waals surface area (Å²) < 4.78 is 8.93. The molecule has 6 heterocycles. The Labute approximate surface area is 218 Å². The maximum Gasteiger partial charge on any atom is 0.278 e. The smallest absolute Gasteiger partial charge is 0.278 e. The highest BCUT2D eigenvalue weighted by Crippen LogP contribution is 2.32. The van der Waals surface area contributed by atoms with E-state index < -0.39 is 0 Å². The molecule has 4 aromatic rings. The number of ether oxygens (including phenoxy) is 1. The molecule has 0 fully saturated rings. The van der Waals surface area contributed by atoms with Gasteiger partial charge >= 0.3 is 0 Å². The van der Waals surface area contributed by atoms with Crippen LogP contribution in [0.4, 0.5) is 17.5 Å². The summed E-state index contributed by atoms with van der Waals surface area (Å²) in [5.74, 6) is 1.72. The minimum absolute atomic E-state index is 0.0116. The monoisotopic (exact) mass is 510 g/mol. The average molecular weight is 511 g/mol. The van der Waals surface area contributed by atoms with Crippen LogP contribution in [-0.2, 0) is 24.4 Å². The molecular weight excluding hydrogens is 484 g/mol. The van der Waals surface area contributed by atoms with Crippen molar-refractivity contribution in [1.82, 2.24) is 29.2 Å². The first kappa shape index (κ1) is 22.7. The van der Waals surface area contributed by atoms with Crippen molar-refractivity contribution < 1.29 is 9.53 Å². The van der Waals surface area contributed by atoms with Crippen LogP contribution < -0.4 is 20.5 Å². The highest BCUT2D eigenvalue weighted by Gasteiger charge is 2.28. The molecule has 3 aliphatic rings. The van der Waals surface area contributed by atoms with E-state index >= 15 is 0 Å². The largest absolute Gasteiger partial charge is 0.480 e. The number of nitrogens with one attached hydrogen (secondary N) is 1. The van der Waals surface area contributed by atoms with Crippen LogP contribution in [0.1, 0.15) is 24.0 Å². The van der Waals surface area contributed by atoms with Crippen LogP contribution in [0.15, 0.2) is 53.5 Å². The number of benzene rings is 1. The molecule has 38 heavy (non-hydrogen) atoms. The summed E-state index contributed by atoms with van der Waals surface area (Å²) >= 11 is 0. The molecule has 11 nitrogen and oxygen atoms in total. The van der Waals surface area contributed by atoms with Crippen LogP contribution in [0.3, 0.4) is 0 Å². The molecule has 11 heteroatoms. The van der Waals surface area contributed by atoms with Gasteiger partial charge in [0.25, 0.3) is 11.5 Å².